The molecule has 1 N–H and O–H groups in total. The molecule has 4 bridgehead atoms. The van der Waals surface area contributed by atoms with E-state index >= 15 is 0 Å². The fourth-order valence-electron chi connectivity index (χ4n) is 6.56. The summed E-state index contributed by atoms with van der Waals surface area (Å²) in [5.74, 6) is 1.93. The van der Waals surface area contributed by atoms with Gasteiger partial charge in [-0.2, -0.15) is 5.10 Å². The van der Waals surface area contributed by atoms with Gasteiger partial charge in [-0.15, -0.1) is 0 Å². The summed E-state index contributed by atoms with van der Waals surface area (Å²) in [5, 5.41) is 8.92. The lowest BCUT2D eigenvalue weighted by atomic mass is 9.53. The van der Waals surface area contributed by atoms with Crippen LogP contribution < -0.4 is 5.32 Å². The number of nitrogens with zero attached hydrogens (tertiary/aromatic N) is 2. The zero-order valence-corrected chi connectivity index (χ0v) is 16.3. The van der Waals surface area contributed by atoms with E-state index in [4.69, 9.17) is 0 Å². The van der Waals surface area contributed by atoms with Crippen molar-refractivity contribution in [2.24, 2.45) is 22.9 Å². The van der Waals surface area contributed by atoms with Crippen molar-refractivity contribution >= 4 is 27.4 Å². The summed E-state index contributed by atoms with van der Waals surface area (Å²) in [4.78, 5) is 25.2. The van der Waals surface area contributed by atoms with E-state index in [1.807, 2.05) is 0 Å². The van der Waals surface area contributed by atoms with E-state index in [0.717, 1.165) is 37.0 Å². The molecule has 8 heteroatoms. The molecule has 6 rings (SSSR count). The van der Waals surface area contributed by atoms with E-state index in [2.05, 4.69) is 10.4 Å². The Morgan fingerprint density at radius 1 is 1.07 bits per heavy atom. The van der Waals surface area contributed by atoms with Gasteiger partial charge in [0.05, 0.1) is 17.5 Å². The molecule has 0 radical (unpaired) electrons. The van der Waals surface area contributed by atoms with Gasteiger partial charge in [0.15, 0.2) is 9.84 Å². The topological polar surface area (TPSA) is 95.9 Å². The first kappa shape index (κ1) is 17.6. The van der Waals surface area contributed by atoms with Gasteiger partial charge in [0.2, 0.25) is 5.91 Å². The Morgan fingerprint density at radius 3 is 2.26 bits per heavy atom. The molecular formula is C19H27N3O4S. The normalized spacial score (nSPS) is 42.3. The number of sulfone groups is 1. The van der Waals surface area contributed by atoms with Crippen molar-refractivity contribution in [1.82, 2.24) is 10.3 Å². The standard InChI is InChI=1S/C19H27N3O4S/c23-17-2-1-16(21-22(17)15-3-4-27(25,26)11-15)18(24)20-19-8-12-5-13(9-19)7-14(6-12)10-19/h12-15H,1-11H2,(H,20,24)/t12?,13?,14?,15-,19?/m0/s1. The molecule has 5 fully saturated rings. The smallest absolute Gasteiger partial charge is 0.267 e. The van der Waals surface area contributed by atoms with Gasteiger partial charge in [0, 0.05) is 18.4 Å². The van der Waals surface area contributed by atoms with Gasteiger partial charge >= 0.3 is 0 Å². The number of rotatable bonds is 3. The summed E-state index contributed by atoms with van der Waals surface area (Å²) in [5.41, 5.74) is 0.298. The van der Waals surface area contributed by atoms with Crippen molar-refractivity contribution in [3.8, 4) is 0 Å². The van der Waals surface area contributed by atoms with Crippen molar-refractivity contribution in [3.63, 3.8) is 0 Å². The van der Waals surface area contributed by atoms with Crippen LogP contribution in [0.15, 0.2) is 5.10 Å². The third-order valence-electron chi connectivity index (χ3n) is 7.29. The summed E-state index contributed by atoms with van der Waals surface area (Å²) in [7, 11) is -3.11. The maximum Gasteiger partial charge on any atom is 0.267 e. The number of hydrazone groups is 1. The first-order valence-corrected chi connectivity index (χ1v) is 12.1. The lowest BCUT2D eigenvalue weighted by Gasteiger charge is -2.56. The molecule has 6 aliphatic rings. The molecule has 2 heterocycles. The molecule has 0 spiro atoms. The Morgan fingerprint density at radius 2 is 1.70 bits per heavy atom. The molecule has 2 amide bonds. The van der Waals surface area contributed by atoms with Gasteiger partial charge < -0.3 is 5.32 Å². The molecule has 4 saturated carbocycles. The average molecular weight is 394 g/mol. The quantitative estimate of drug-likeness (QED) is 0.780. The molecule has 0 unspecified atom stereocenters. The van der Waals surface area contributed by atoms with Crippen LogP contribution in [0.4, 0.5) is 0 Å². The Labute approximate surface area is 159 Å². The summed E-state index contributed by atoms with van der Waals surface area (Å²) in [6.45, 7) is 0. The minimum absolute atomic E-state index is 0.0495. The van der Waals surface area contributed by atoms with Gasteiger partial charge in [-0.25, -0.2) is 13.4 Å². The molecule has 0 aromatic rings. The predicted octanol–water partition coefficient (Wildman–Crippen LogP) is 1.24. The van der Waals surface area contributed by atoms with Crippen LogP contribution in [-0.2, 0) is 19.4 Å². The van der Waals surface area contributed by atoms with E-state index in [1.165, 1.54) is 24.3 Å². The SMILES string of the molecule is O=C(NC12CC3CC(CC(C3)C1)C2)C1=NN([C@H]2CCS(=O)(=O)C2)C(=O)CC1. The van der Waals surface area contributed by atoms with Crippen molar-refractivity contribution < 1.29 is 18.0 Å². The lowest BCUT2D eigenvalue weighted by Crippen LogP contribution is -2.61. The van der Waals surface area contributed by atoms with Crippen molar-refractivity contribution in [2.45, 2.75) is 69.4 Å². The molecule has 27 heavy (non-hydrogen) atoms. The first-order valence-electron chi connectivity index (χ1n) is 10.2. The summed E-state index contributed by atoms with van der Waals surface area (Å²) in [6.07, 6.45) is 8.13. The van der Waals surface area contributed by atoms with Crippen LogP contribution in [0, 0.1) is 17.8 Å². The third-order valence-corrected chi connectivity index (χ3v) is 9.04. The molecule has 7 nitrogen and oxygen atoms in total. The van der Waals surface area contributed by atoms with Crippen LogP contribution >= 0.6 is 0 Å². The van der Waals surface area contributed by atoms with Crippen LogP contribution in [0.1, 0.15) is 57.8 Å². The van der Waals surface area contributed by atoms with Crippen LogP contribution in [0.3, 0.4) is 0 Å². The largest absolute Gasteiger partial charge is 0.345 e. The van der Waals surface area contributed by atoms with Crippen LogP contribution in [0.25, 0.3) is 0 Å². The van der Waals surface area contributed by atoms with Gasteiger partial charge in [-0.05, 0) is 62.7 Å². The Kier molecular flexibility index (Phi) is 3.94. The maximum atomic E-state index is 13.0. The second kappa shape index (κ2) is 6.03. The number of nitrogens with one attached hydrogen (secondary N) is 1. The van der Waals surface area contributed by atoms with E-state index in [9.17, 15) is 18.0 Å². The fraction of sp³-hybridized carbons (Fsp3) is 0.842. The Hall–Kier alpha value is -1.44. The predicted molar refractivity (Wildman–Crippen MR) is 99.6 cm³/mol. The molecule has 1 atom stereocenters. The van der Waals surface area contributed by atoms with Crippen LogP contribution in [-0.4, -0.2) is 54.0 Å². The third kappa shape index (κ3) is 3.19. The zero-order valence-electron chi connectivity index (χ0n) is 15.5. The second-order valence-corrected chi connectivity index (χ2v) is 11.7. The average Bonchev–Trinajstić information content (AvgIpc) is 2.93. The van der Waals surface area contributed by atoms with Crippen molar-refractivity contribution in [2.75, 3.05) is 11.5 Å². The van der Waals surface area contributed by atoms with E-state index in [-0.39, 0.29) is 35.3 Å². The number of carbonyl (C=O) groups is 2. The van der Waals surface area contributed by atoms with Crippen LogP contribution in [0.2, 0.25) is 0 Å². The monoisotopic (exact) mass is 393 g/mol. The fourth-order valence-corrected chi connectivity index (χ4v) is 8.26. The highest BCUT2D eigenvalue weighted by Crippen LogP contribution is 2.55. The second-order valence-electron chi connectivity index (χ2n) is 9.49. The number of amides is 2. The molecule has 1 saturated heterocycles. The lowest BCUT2D eigenvalue weighted by molar-refractivity contribution is -0.133. The maximum absolute atomic E-state index is 13.0. The molecular weight excluding hydrogens is 366 g/mol. The van der Waals surface area contributed by atoms with Gasteiger partial charge in [-0.1, -0.05) is 0 Å². The van der Waals surface area contributed by atoms with E-state index in [0.29, 0.717) is 18.6 Å². The Balaban J connectivity index is 1.32. The number of hydrogen-bond donors (Lipinski definition) is 1. The molecule has 2 aliphatic heterocycles. The highest BCUT2D eigenvalue weighted by Gasteiger charge is 2.52. The van der Waals surface area contributed by atoms with Gasteiger partial charge in [0.25, 0.3) is 5.91 Å². The van der Waals surface area contributed by atoms with Crippen molar-refractivity contribution in [1.29, 1.82) is 0 Å². The molecule has 0 aromatic carbocycles. The molecule has 148 valence electrons. The molecule has 0 aromatic heterocycles. The zero-order chi connectivity index (χ0) is 18.8. The molecule has 4 aliphatic carbocycles. The summed E-state index contributed by atoms with van der Waals surface area (Å²) in [6, 6.07) is -0.426. The summed E-state index contributed by atoms with van der Waals surface area (Å²) < 4.78 is 23.5. The highest BCUT2D eigenvalue weighted by atomic mass is 32.2. The van der Waals surface area contributed by atoms with Gasteiger partial charge in [0.1, 0.15) is 5.71 Å². The van der Waals surface area contributed by atoms with E-state index in [1.54, 1.807) is 0 Å². The first-order chi connectivity index (χ1) is 12.8. The van der Waals surface area contributed by atoms with E-state index < -0.39 is 15.9 Å². The minimum Gasteiger partial charge on any atom is -0.345 e. The van der Waals surface area contributed by atoms with Crippen LogP contribution in [0.5, 0.6) is 0 Å². The van der Waals surface area contributed by atoms with Gasteiger partial charge in [-0.3, -0.25) is 9.59 Å². The number of carbonyl (C=O) groups excluding carboxylic acids is 2. The number of hydrogen-bond acceptors (Lipinski definition) is 5. The summed E-state index contributed by atoms with van der Waals surface area (Å²) >= 11 is 0. The minimum atomic E-state index is -3.11. The Bertz CT molecular complexity index is 784. The van der Waals surface area contributed by atoms with Crippen molar-refractivity contribution in [3.05, 3.63) is 0 Å². The highest BCUT2D eigenvalue weighted by molar-refractivity contribution is 7.91.